The van der Waals surface area contributed by atoms with Crippen LogP contribution in [0.3, 0.4) is 0 Å². The normalized spacial score (nSPS) is 24.7. The minimum absolute atomic E-state index is 0.00281. The molecular formula is C23H23FN6OS. The summed E-state index contributed by atoms with van der Waals surface area (Å²) in [5.41, 5.74) is 1.15. The second-order valence-electron chi connectivity index (χ2n) is 8.66. The summed E-state index contributed by atoms with van der Waals surface area (Å²) in [5.74, 6) is 1.56. The first-order valence-electron chi connectivity index (χ1n) is 10.8. The number of aromatic nitrogens is 4. The fraction of sp³-hybridized carbons (Fsp3) is 0.435. The number of benzene rings is 1. The van der Waals surface area contributed by atoms with E-state index in [-0.39, 0.29) is 17.7 Å². The van der Waals surface area contributed by atoms with Gasteiger partial charge in [-0.15, -0.1) is 21.5 Å². The Balaban J connectivity index is 1.35. The zero-order chi connectivity index (χ0) is 22.2. The van der Waals surface area contributed by atoms with Gasteiger partial charge in [-0.25, -0.2) is 14.4 Å². The molecule has 2 aromatic heterocycles. The molecule has 5 rings (SSSR count). The van der Waals surface area contributed by atoms with Gasteiger partial charge < -0.3 is 10.0 Å². The number of anilines is 1. The molecule has 7 nitrogen and oxygen atoms in total. The standard InChI is InChI=1S/C23H23FN6OS/c1-30(18-8-13-3-2-4-14(7-13)21(18)24)20-12-26-22(29-28-20)17-6-5-15(9-19(17)31)23-27-11-16(10-25)32-23/h5-6,9,11-14,18,21,31H,2-4,7-8H2,1H3/t13-,14+,18+,21-/m0/s1. The van der Waals surface area contributed by atoms with Crippen LogP contribution in [0.5, 0.6) is 5.75 Å². The smallest absolute Gasteiger partial charge is 0.185 e. The number of phenolic OH excluding ortho intramolecular Hbond substituents is 1. The molecule has 2 aliphatic rings. The van der Waals surface area contributed by atoms with Crippen LogP contribution < -0.4 is 4.90 Å². The van der Waals surface area contributed by atoms with Crippen LogP contribution in [0, 0.1) is 23.2 Å². The van der Waals surface area contributed by atoms with Crippen LogP contribution in [0.15, 0.2) is 30.6 Å². The third-order valence-electron chi connectivity index (χ3n) is 6.73. The average Bonchev–Trinajstić information content (AvgIpc) is 3.31. The van der Waals surface area contributed by atoms with E-state index in [1.54, 1.807) is 24.4 Å². The average molecular weight is 451 g/mol. The van der Waals surface area contributed by atoms with Gasteiger partial charge in [0.2, 0.25) is 0 Å². The van der Waals surface area contributed by atoms with Crippen LogP contribution in [-0.2, 0) is 0 Å². The van der Waals surface area contributed by atoms with Crippen LogP contribution in [0.1, 0.15) is 37.0 Å². The van der Waals surface area contributed by atoms with Crippen molar-refractivity contribution in [3.63, 3.8) is 0 Å². The fourth-order valence-corrected chi connectivity index (χ4v) is 5.74. The Morgan fingerprint density at radius 1 is 1.19 bits per heavy atom. The molecule has 0 radical (unpaired) electrons. The maximum atomic E-state index is 15.1. The third kappa shape index (κ3) is 3.79. The summed E-state index contributed by atoms with van der Waals surface area (Å²) in [6.45, 7) is 0. The van der Waals surface area contributed by atoms with Gasteiger partial charge in [-0.05, 0) is 43.2 Å². The summed E-state index contributed by atoms with van der Waals surface area (Å²) < 4.78 is 15.1. The molecule has 2 saturated carbocycles. The molecule has 4 atom stereocenters. The summed E-state index contributed by atoms with van der Waals surface area (Å²) >= 11 is 1.26. The molecule has 164 valence electrons. The van der Waals surface area contributed by atoms with Crippen molar-refractivity contribution >= 4 is 17.2 Å². The summed E-state index contributed by atoms with van der Waals surface area (Å²) in [5, 5.41) is 28.6. The molecule has 0 spiro atoms. The van der Waals surface area contributed by atoms with Gasteiger partial charge in [-0.3, -0.25) is 0 Å². The van der Waals surface area contributed by atoms with E-state index in [0.717, 1.165) is 25.7 Å². The van der Waals surface area contributed by atoms with Crippen molar-refractivity contribution in [3.8, 4) is 33.8 Å². The van der Waals surface area contributed by atoms with Crippen LogP contribution in [0.25, 0.3) is 22.0 Å². The minimum Gasteiger partial charge on any atom is -0.507 e. The minimum atomic E-state index is -0.859. The van der Waals surface area contributed by atoms with Gasteiger partial charge >= 0.3 is 0 Å². The summed E-state index contributed by atoms with van der Waals surface area (Å²) in [7, 11) is 1.86. The topological polar surface area (TPSA) is 98.8 Å². The van der Waals surface area contributed by atoms with Crippen molar-refractivity contribution < 1.29 is 9.50 Å². The van der Waals surface area contributed by atoms with Crippen LogP contribution in [0.4, 0.5) is 10.2 Å². The Labute approximate surface area is 189 Å². The Hall–Kier alpha value is -3.12. The number of alkyl halides is 1. The van der Waals surface area contributed by atoms with Gasteiger partial charge in [-0.2, -0.15) is 5.26 Å². The number of nitriles is 1. The molecule has 2 heterocycles. The number of thiazole rings is 1. The lowest BCUT2D eigenvalue weighted by Crippen LogP contribution is -2.49. The highest BCUT2D eigenvalue weighted by atomic mass is 32.1. The Bertz CT molecular complexity index is 1160. The van der Waals surface area contributed by atoms with Crippen LogP contribution >= 0.6 is 11.3 Å². The van der Waals surface area contributed by atoms with Gasteiger partial charge in [0.15, 0.2) is 11.6 Å². The lowest BCUT2D eigenvalue weighted by molar-refractivity contribution is 0.0656. The molecule has 0 unspecified atom stereocenters. The first-order valence-corrected chi connectivity index (χ1v) is 11.6. The highest BCUT2D eigenvalue weighted by molar-refractivity contribution is 7.15. The van der Waals surface area contributed by atoms with E-state index in [9.17, 15) is 5.11 Å². The SMILES string of the molecule is CN(c1cnc(-c2ccc(-c3ncc(C#N)s3)cc2O)nn1)[C@@H]1C[C@H]2CCC[C@H](C2)[C@@H]1F. The number of rotatable bonds is 4. The molecule has 0 saturated heterocycles. The molecule has 2 aliphatic carbocycles. The quantitative estimate of drug-likeness (QED) is 0.620. The van der Waals surface area contributed by atoms with E-state index in [2.05, 4.69) is 26.2 Å². The predicted molar refractivity (Wildman–Crippen MR) is 120 cm³/mol. The number of halogens is 1. The van der Waals surface area contributed by atoms with Crippen molar-refractivity contribution in [2.75, 3.05) is 11.9 Å². The molecule has 9 heteroatoms. The van der Waals surface area contributed by atoms with E-state index in [4.69, 9.17) is 5.26 Å². The lowest BCUT2D eigenvalue weighted by Gasteiger charge is -2.45. The molecule has 3 aromatic rings. The highest BCUT2D eigenvalue weighted by Gasteiger charge is 2.42. The molecule has 2 fully saturated rings. The number of fused-ring (bicyclic) bond motifs is 2. The van der Waals surface area contributed by atoms with Crippen molar-refractivity contribution in [1.82, 2.24) is 20.2 Å². The number of nitrogens with zero attached hydrogens (tertiary/aromatic N) is 6. The maximum absolute atomic E-state index is 15.1. The van der Waals surface area contributed by atoms with Gasteiger partial charge in [0.05, 0.1) is 24.0 Å². The van der Waals surface area contributed by atoms with E-state index in [0.29, 0.717) is 38.6 Å². The second kappa shape index (κ2) is 8.43. The van der Waals surface area contributed by atoms with Gasteiger partial charge in [0.1, 0.15) is 27.9 Å². The molecule has 0 aliphatic heterocycles. The number of hydrogen-bond donors (Lipinski definition) is 1. The van der Waals surface area contributed by atoms with Gasteiger partial charge in [0, 0.05) is 12.6 Å². The number of hydrogen-bond acceptors (Lipinski definition) is 8. The van der Waals surface area contributed by atoms with Crippen molar-refractivity contribution in [2.45, 2.75) is 44.3 Å². The van der Waals surface area contributed by atoms with Crippen molar-refractivity contribution in [3.05, 3.63) is 35.5 Å². The highest BCUT2D eigenvalue weighted by Crippen LogP contribution is 2.43. The number of aromatic hydroxyl groups is 1. The van der Waals surface area contributed by atoms with Gasteiger partial charge in [0.25, 0.3) is 0 Å². The van der Waals surface area contributed by atoms with Crippen LogP contribution in [-0.4, -0.2) is 44.5 Å². The number of phenols is 1. The molecule has 2 bridgehead atoms. The zero-order valence-electron chi connectivity index (χ0n) is 17.6. The van der Waals surface area contributed by atoms with Gasteiger partial charge in [-0.1, -0.05) is 18.9 Å². The molecule has 0 amide bonds. The van der Waals surface area contributed by atoms with E-state index >= 15 is 4.39 Å². The second-order valence-corrected chi connectivity index (χ2v) is 9.70. The molecule has 1 N–H and O–H groups in total. The third-order valence-corrected chi connectivity index (χ3v) is 7.68. The predicted octanol–water partition coefficient (Wildman–Crippen LogP) is 4.59. The maximum Gasteiger partial charge on any atom is 0.185 e. The van der Waals surface area contributed by atoms with Crippen molar-refractivity contribution in [2.24, 2.45) is 11.8 Å². The fourth-order valence-electron chi connectivity index (χ4n) is 5.03. The summed E-state index contributed by atoms with van der Waals surface area (Å²) in [6, 6.07) is 6.94. The van der Waals surface area contributed by atoms with Crippen LogP contribution in [0.2, 0.25) is 0 Å². The zero-order valence-corrected chi connectivity index (χ0v) is 18.5. The van der Waals surface area contributed by atoms with Crippen molar-refractivity contribution in [1.29, 1.82) is 5.26 Å². The monoisotopic (exact) mass is 450 g/mol. The van der Waals surface area contributed by atoms with E-state index in [1.807, 2.05) is 11.9 Å². The first kappa shape index (κ1) is 20.8. The first-order chi connectivity index (χ1) is 15.5. The van der Waals surface area contributed by atoms with E-state index in [1.165, 1.54) is 24.0 Å². The molecular weight excluding hydrogens is 427 g/mol. The van der Waals surface area contributed by atoms with E-state index < -0.39 is 6.17 Å². The molecule has 1 aromatic carbocycles. The lowest BCUT2D eigenvalue weighted by atomic mass is 9.69. The largest absolute Gasteiger partial charge is 0.507 e. The Morgan fingerprint density at radius 3 is 2.78 bits per heavy atom. The Morgan fingerprint density at radius 2 is 2.06 bits per heavy atom. The summed E-state index contributed by atoms with van der Waals surface area (Å²) in [6.07, 6.45) is 7.37. The molecule has 32 heavy (non-hydrogen) atoms. The Kier molecular flexibility index (Phi) is 5.47. The summed E-state index contributed by atoms with van der Waals surface area (Å²) in [4.78, 5) is 11.0.